The number of carbonyl (C=O) groups excluding carboxylic acids is 1. The highest BCUT2D eigenvalue weighted by Gasteiger charge is 2.22. The van der Waals surface area contributed by atoms with Gasteiger partial charge in [0.25, 0.3) is 10.0 Å². The Bertz CT molecular complexity index is 846. The first-order valence-electron chi connectivity index (χ1n) is 8.28. The molecule has 134 valence electrons. The first-order chi connectivity index (χ1) is 11.9. The van der Waals surface area contributed by atoms with E-state index in [0.29, 0.717) is 23.5 Å². The summed E-state index contributed by atoms with van der Waals surface area (Å²) in [6.07, 6.45) is 2.48. The van der Waals surface area contributed by atoms with Crippen LogP contribution in [0.1, 0.15) is 29.8 Å². The highest BCUT2D eigenvalue weighted by atomic mass is 32.2. The van der Waals surface area contributed by atoms with E-state index in [2.05, 4.69) is 14.9 Å². The summed E-state index contributed by atoms with van der Waals surface area (Å²) in [4.78, 5) is 14.2. The fraction of sp³-hybridized carbons (Fsp3) is 0.412. The van der Waals surface area contributed by atoms with Crippen LogP contribution in [0.5, 0.6) is 0 Å². The van der Waals surface area contributed by atoms with Crippen molar-refractivity contribution in [3.05, 3.63) is 41.2 Å². The average molecular weight is 362 g/mol. The smallest absolute Gasteiger partial charge is 0.265 e. The van der Waals surface area contributed by atoms with Crippen LogP contribution in [-0.4, -0.2) is 42.5 Å². The van der Waals surface area contributed by atoms with Gasteiger partial charge in [-0.05, 0) is 44.4 Å². The lowest BCUT2D eigenvalue weighted by atomic mass is 10.1. The van der Waals surface area contributed by atoms with Crippen LogP contribution < -0.4 is 4.72 Å². The SMILES string of the molecule is Cc1n[nH]c(C)c1S(=O)(=O)Nc1ccc(CC(=O)N2CCCC2)cc1. The largest absolute Gasteiger partial charge is 0.342 e. The van der Waals surface area contributed by atoms with Gasteiger partial charge in [-0.15, -0.1) is 0 Å². The minimum Gasteiger partial charge on any atom is -0.342 e. The van der Waals surface area contributed by atoms with Crippen molar-refractivity contribution in [1.82, 2.24) is 15.1 Å². The Hall–Kier alpha value is -2.35. The number of aryl methyl sites for hydroxylation is 2. The van der Waals surface area contributed by atoms with Gasteiger partial charge in [-0.3, -0.25) is 14.6 Å². The second-order valence-electron chi connectivity index (χ2n) is 6.33. The molecule has 0 aliphatic carbocycles. The first kappa shape index (κ1) is 17.5. The van der Waals surface area contributed by atoms with Crippen LogP contribution in [0.15, 0.2) is 29.2 Å². The highest BCUT2D eigenvalue weighted by molar-refractivity contribution is 7.92. The van der Waals surface area contributed by atoms with Crippen molar-refractivity contribution >= 4 is 21.6 Å². The Morgan fingerprint density at radius 3 is 2.40 bits per heavy atom. The molecule has 0 bridgehead atoms. The lowest BCUT2D eigenvalue weighted by Gasteiger charge is -2.15. The summed E-state index contributed by atoms with van der Waals surface area (Å²) >= 11 is 0. The number of hydrogen-bond acceptors (Lipinski definition) is 4. The van der Waals surface area contributed by atoms with Crippen LogP contribution in [0.3, 0.4) is 0 Å². The molecule has 2 heterocycles. The van der Waals surface area contributed by atoms with Crippen LogP contribution in [0.4, 0.5) is 5.69 Å². The van der Waals surface area contributed by atoms with Crippen molar-refractivity contribution in [3.63, 3.8) is 0 Å². The highest BCUT2D eigenvalue weighted by Crippen LogP contribution is 2.21. The lowest BCUT2D eigenvalue weighted by molar-refractivity contribution is -0.129. The molecule has 1 saturated heterocycles. The summed E-state index contributed by atoms with van der Waals surface area (Å²) in [5.41, 5.74) is 2.25. The zero-order chi connectivity index (χ0) is 18.0. The van der Waals surface area contributed by atoms with Gasteiger partial charge in [0.2, 0.25) is 5.91 Å². The van der Waals surface area contributed by atoms with E-state index >= 15 is 0 Å². The summed E-state index contributed by atoms with van der Waals surface area (Å²) in [5.74, 6) is 0.121. The zero-order valence-corrected chi connectivity index (χ0v) is 15.2. The Morgan fingerprint density at radius 2 is 1.84 bits per heavy atom. The molecule has 1 fully saturated rings. The number of sulfonamides is 1. The van der Waals surface area contributed by atoms with Crippen LogP contribution in [-0.2, 0) is 21.2 Å². The molecule has 0 spiro atoms. The monoisotopic (exact) mass is 362 g/mol. The third-order valence-electron chi connectivity index (χ3n) is 4.35. The number of carbonyl (C=O) groups is 1. The Morgan fingerprint density at radius 1 is 1.20 bits per heavy atom. The molecule has 8 heteroatoms. The van der Waals surface area contributed by atoms with Crippen molar-refractivity contribution in [2.24, 2.45) is 0 Å². The molecular weight excluding hydrogens is 340 g/mol. The van der Waals surface area contributed by atoms with Gasteiger partial charge in [-0.1, -0.05) is 12.1 Å². The third-order valence-corrected chi connectivity index (χ3v) is 5.99. The Kier molecular flexibility index (Phi) is 4.80. The number of nitrogens with zero attached hydrogens (tertiary/aromatic N) is 2. The van der Waals surface area contributed by atoms with Crippen LogP contribution in [0.25, 0.3) is 0 Å². The number of H-pyrrole nitrogens is 1. The molecule has 1 amide bonds. The quantitative estimate of drug-likeness (QED) is 0.850. The molecule has 25 heavy (non-hydrogen) atoms. The number of amides is 1. The van der Waals surface area contributed by atoms with Crippen molar-refractivity contribution in [2.75, 3.05) is 17.8 Å². The maximum atomic E-state index is 12.5. The topological polar surface area (TPSA) is 95.2 Å². The summed E-state index contributed by atoms with van der Waals surface area (Å²) in [6, 6.07) is 6.91. The van der Waals surface area contributed by atoms with Crippen LogP contribution >= 0.6 is 0 Å². The number of likely N-dealkylation sites (tertiary alicyclic amines) is 1. The Labute approximate surface area is 147 Å². The number of nitrogens with one attached hydrogen (secondary N) is 2. The maximum Gasteiger partial charge on any atom is 0.265 e. The number of hydrogen-bond donors (Lipinski definition) is 2. The number of aromatic amines is 1. The molecule has 1 aromatic heterocycles. The summed E-state index contributed by atoms with van der Waals surface area (Å²) in [5, 5.41) is 6.60. The van der Waals surface area contributed by atoms with Crippen molar-refractivity contribution in [3.8, 4) is 0 Å². The van der Waals surface area contributed by atoms with Gasteiger partial charge in [0.15, 0.2) is 0 Å². The summed E-state index contributed by atoms with van der Waals surface area (Å²) < 4.78 is 27.6. The van der Waals surface area contributed by atoms with E-state index in [0.717, 1.165) is 31.5 Å². The molecule has 1 aliphatic rings. The summed E-state index contributed by atoms with van der Waals surface area (Å²) in [6.45, 7) is 4.98. The second-order valence-corrected chi connectivity index (χ2v) is 7.95. The number of anilines is 1. The molecular formula is C17H22N4O3S. The fourth-order valence-electron chi connectivity index (χ4n) is 3.09. The molecule has 0 radical (unpaired) electrons. The van der Waals surface area contributed by atoms with Gasteiger partial charge in [0.1, 0.15) is 4.90 Å². The van der Waals surface area contributed by atoms with E-state index in [1.54, 1.807) is 38.1 Å². The molecule has 3 rings (SSSR count). The molecule has 2 N–H and O–H groups in total. The number of aromatic nitrogens is 2. The normalized spacial score (nSPS) is 14.7. The van der Waals surface area contributed by atoms with Gasteiger partial charge in [-0.25, -0.2) is 8.42 Å². The van der Waals surface area contributed by atoms with E-state index in [4.69, 9.17) is 0 Å². The van der Waals surface area contributed by atoms with E-state index in [-0.39, 0.29) is 10.8 Å². The van der Waals surface area contributed by atoms with Gasteiger partial charge >= 0.3 is 0 Å². The summed E-state index contributed by atoms with van der Waals surface area (Å²) in [7, 11) is -3.70. The second kappa shape index (κ2) is 6.87. The van der Waals surface area contributed by atoms with Crippen LogP contribution in [0, 0.1) is 13.8 Å². The van der Waals surface area contributed by atoms with Crippen molar-refractivity contribution in [1.29, 1.82) is 0 Å². The molecule has 0 unspecified atom stereocenters. The lowest BCUT2D eigenvalue weighted by Crippen LogP contribution is -2.29. The minimum absolute atomic E-state index is 0.121. The van der Waals surface area contributed by atoms with E-state index in [9.17, 15) is 13.2 Å². The van der Waals surface area contributed by atoms with E-state index < -0.39 is 10.0 Å². The Balaban J connectivity index is 1.69. The van der Waals surface area contributed by atoms with Gasteiger partial charge in [0, 0.05) is 18.8 Å². The van der Waals surface area contributed by atoms with Crippen LogP contribution in [0.2, 0.25) is 0 Å². The third kappa shape index (κ3) is 3.84. The van der Waals surface area contributed by atoms with Crippen molar-refractivity contribution < 1.29 is 13.2 Å². The predicted molar refractivity (Wildman–Crippen MR) is 94.8 cm³/mol. The average Bonchev–Trinajstić information content (AvgIpc) is 3.19. The first-order valence-corrected chi connectivity index (χ1v) is 9.76. The molecule has 1 aliphatic heterocycles. The van der Waals surface area contributed by atoms with Gasteiger partial charge < -0.3 is 4.90 Å². The molecule has 1 aromatic carbocycles. The van der Waals surface area contributed by atoms with E-state index in [1.165, 1.54) is 0 Å². The maximum absolute atomic E-state index is 12.5. The predicted octanol–water partition coefficient (Wildman–Crippen LogP) is 1.99. The molecule has 0 saturated carbocycles. The minimum atomic E-state index is -3.70. The number of rotatable bonds is 5. The molecule has 2 aromatic rings. The standard InChI is InChI=1S/C17H22N4O3S/c1-12-17(13(2)19-18-12)25(23,24)20-15-7-5-14(6-8-15)11-16(22)21-9-3-4-10-21/h5-8,20H,3-4,9-11H2,1-2H3,(H,18,19). The molecule has 0 atom stereocenters. The van der Waals surface area contributed by atoms with Crippen molar-refractivity contribution in [2.45, 2.75) is 38.0 Å². The number of benzene rings is 1. The van der Waals surface area contributed by atoms with Gasteiger partial charge in [0.05, 0.1) is 17.8 Å². The fourth-order valence-corrected chi connectivity index (χ4v) is 4.52. The van der Waals surface area contributed by atoms with Gasteiger partial charge in [-0.2, -0.15) is 5.10 Å². The van der Waals surface area contributed by atoms with E-state index in [1.807, 2.05) is 4.90 Å². The zero-order valence-electron chi connectivity index (χ0n) is 14.4. The molecule has 7 nitrogen and oxygen atoms in total.